The lowest BCUT2D eigenvalue weighted by molar-refractivity contribution is 1.16. The molecule has 12 aromatic rings. The Hall–Kier alpha value is -7.85. The molecule has 0 aliphatic carbocycles. The lowest BCUT2D eigenvalue weighted by Crippen LogP contribution is -2.05. The maximum absolute atomic E-state index is 2.49. The van der Waals surface area contributed by atoms with Crippen LogP contribution in [-0.2, 0) is 0 Å². The molecular formula is C60H42N2S. The van der Waals surface area contributed by atoms with Crippen molar-refractivity contribution < 1.29 is 0 Å². The molecule has 0 atom stereocenters. The van der Waals surface area contributed by atoms with E-state index in [1.807, 2.05) is 0 Å². The Labute approximate surface area is 368 Å². The van der Waals surface area contributed by atoms with Crippen molar-refractivity contribution in [1.29, 1.82) is 0 Å². The second kappa shape index (κ2) is 15.3. The summed E-state index contributed by atoms with van der Waals surface area (Å²) in [6, 6.07) is 94.0. The van der Waals surface area contributed by atoms with Gasteiger partial charge in [0.25, 0.3) is 0 Å². The van der Waals surface area contributed by atoms with Gasteiger partial charge in [-0.2, -0.15) is 0 Å². The number of para-hydroxylation sites is 1. The van der Waals surface area contributed by atoms with Gasteiger partial charge in [-0.25, -0.2) is 0 Å². The highest BCUT2D eigenvalue weighted by molar-refractivity contribution is 8.34. The minimum absolute atomic E-state index is 1.13. The van der Waals surface area contributed by atoms with E-state index in [4.69, 9.17) is 0 Å². The molecule has 12 rings (SSSR count). The van der Waals surface area contributed by atoms with Crippen molar-refractivity contribution in [3.8, 4) is 33.6 Å². The summed E-state index contributed by atoms with van der Waals surface area (Å²) >= 11 is 0. The van der Waals surface area contributed by atoms with Gasteiger partial charge in [0, 0.05) is 52.5 Å². The quantitative estimate of drug-likeness (QED) is 0.144. The zero-order chi connectivity index (χ0) is 41.7. The Morgan fingerprint density at radius 3 is 1.33 bits per heavy atom. The first-order valence-electron chi connectivity index (χ1n) is 21.6. The first-order valence-corrected chi connectivity index (χ1v) is 23.2. The van der Waals surface area contributed by atoms with Gasteiger partial charge in [-0.15, -0.1) is 10.0 Å². The van der Waals surface area contributed by atoms with Crippen LogP contribution in [0.4, 0.5) is 0 Å². The lowest BCUT2D eigenvalue weighted by Gasteiger charge is -2.42. The van der Waals surface area contributed by atoms with Crippen molar-refractivity contribution in [2.24, 2.45) is 0 Å². The smallest absolute Gasteiger partial charge is 0.0552 e. The van der Waals surface area contributed by atoms with Gasteiger partial charge in [0.15, 0.2) is 0 Å². The first-order chi connectivity index (χ1) is 31.3. The standard InChI is InChI=1S/C60H42N2S/c1-6-20-43(21-7-1)45-24-18-25-47(40-45)62-57-39-37-48(61-55-33-17-16-32-52(55)53-41-46(36-38-56(53)61)44-22-8-2-9-23-44)42-54(57)60-58(62)34-19-35-59(60)63(49-26-10-3-11-27-49,50-28-12-4-13-29-50)51-30-14-5-15-31-51/h1-42H. The Balaban J connectivity index is 1.21. The predicted octanol–water partition coefficient (Wildman–Crippen LogP) is 16.6. The number of rotatable bonds is 8. The molecule has 10 aromatic carbocycles. The van der Waals surface area contributed by atoms with Crippen LogP contribution in [0.25, 0.3) is 77.2 Å². The number of aromatic nitrogens is 2. The van der Waals surface area contributed by atoms with E-state index in [0.29, 0.717) is 0 Å². The minimum atomic E-state index is -2.04. The molecular weight excluding hydrogens is 781 g/mol. The summed E-state index contributed by atoms with van der Waals surface area (Å²) in [6.07, 6.45) is 0. The molecule has 0 fully saturated rings. The molecule has 0 aliphatic rings. The highest BCUT2D eigenvalue weighted by Gasteiger charge is 2.36. The largest absolute Gasteiger partial charge is 0.309 e. The van der Waals surface area contributed by atoms with Gasteiger partial charge in [0.1, 0.15) is 0 Å². The molecule has 2 aromatic heterocycles. The zero-order valence-electron chi connectivity index (χ0n) is 34.6. The van der Waals surface area contributed by atoms with Gasteiger partial charge in [-0.1, -0.05) is 158 Å². The topological polar surface area (TPSA) is 9.86 Å². The summed E-state index contributed by atoms with van der Waals surface area (Å²) in [5, 5.41) is 4.97. The molecule has 3 heteroatoms. The summed E-state index contributed by atoms with van der Waals surface area (Å²) in [6.45, 7) is 0. The number of fused-ring (bicyclic) bond motifs is 6. The molecule has 2 nitrogen and oxygen atoms in total. The van der Waals surface area contributed by atoms with Crippen LogP contribution in [0.3, 0.4) is 0 Å². The van der Waals surface area contributed by atoms with E-state index in [-0.39, 0.29) is 0 Å². The average Bonchev–Trinajstić information content (AvgIpc) is 3.88. The van der Waals surface area contributed by atoms with E-state index in [2.05, 4.69) is 264 Å². The SMILES string of the molecule is c1ccc(-c2cccc(-n3c4ccc(-n5c6ccccc6c6cc(-c7ccccc7)ccc65)cc4c4c(S(c5ccccc5)(c5ccccc5)c5ccccc5)cccc43)c2)cc1. The molecule has 0 saturated carbocycles. The van der Waals surface area contributed by atoms with Crippen molar-refractivity contribution in [1.82, 2.24) is 9.13 Å². The van der Waals surface area contributed by atoms with Crippen LogP contribution in [-0.4, -0.2) is 9.13 Å². The Bertz CT molecular complexity index is 3500. The molecule has 298 valence electrons. The molecule has 0 spiro atoms. The monoisotopic (exact) mass is 822 g/mol. The summed E-state index contributed by atoms with van der Waals surface area (Å²) < 4.78 is 4.96. The van der Waals surface area contributed by atoms with Crippen molar-refractivity contribution in [3.05, 3.63) is 255 Å². The molecule has 0 unspecified atom stereocenters. The van der Waals surface area contributed by atoms with E-state index < -0.39 is 10.0 Å². The number of nitrogens with zero attached hydrogens (tertiary/aromatic N) is 2. The molecule has 2 heterocycles. The average molecular weight is 823 g/mol. The number of benzene rings is 10. The van der Waals surface area contributed by atoms with E-state index in [9.17, 15) is 0 Å². The summed E-state index contributed by atoms with van der Waals surface area (Å²) in [7, 11) is -2.04. The van der Waals surface area contributed by atoms with Crippen molar-refractivity contribution in [2.75, 3.05) is 0 Å². The molecule has 0 aliphatic heterocycles. The molecule has 0 bridgehead atoms. The van der Waals surface area contributed by atoms with Crippen molar-refractivity contribution >= 4 is 53.6 Å². The van der Waals surface area contributed by atoms with Crippen LogP contribution >= 0.6 is 10.0 Å². The Morgan fingerprint density at radius 1 is 0.254 bits per heavy atom. The van der Waals surface area contributed by atoms with E-state index in [0.717, 1.165) is 11.4 Å². The predicted molar refractivity (Wildman–Crippen MR) is 266 cm³/mol. The Kier molecular flexibility index (Phi) is 8.95. The van der Waals surface area contributed by atoms with Gasteiger partial charge < -0.3 is 9.13 Å². The zero-order valence-corrected chi connectivity index (χ0v) is 35.4. The van der Waals surface area contributed by atoms with E-state index in [1.54, 1.807) is 0 Å². The van der Waals surface area contributed by atoms with Crippen LogP contribution in [0.1, 0.15) is 0 Å². The highest BCUT2D eigenvalue weighted by atomic mass is 32.3. The molecule has 63 heavy (non-hydrogen) atoms. The van der Waals surface area contributed by atoms with E-state index in [1.165, 1.54) is 85.4 Å². The fraction of sp³-hybridized carbons (Fsp3) is 0. The first kappa shape index (κ1) is 37.0. The maximum atomic E-state index is 2.49. The second-order valence-electron chi connectivity index (χ2n) is 16.1. The molecule has 0 N–H and O–H groups in total. The van der Waals surface area contributed by atoms with Gasteiger partial charge >= 0.3 is 0 Å². The molecule has 0 saturated heterocycles. The third kappa shape index (κ3) is 5.96. The molecule has 0 amide bonds. The molecule has 0 radical (unpaired) electrons. The summed E-state index contributed by atoms with van der Waals surface area (Å²) in [5.41, 5.74) is 11.8. The van der Waals surface area contributed by atoms with E-state index >= 15 is 0 Å². The van der Waals surface area contributed by atoms with Gasteiger partial charge in [0.05, 0.1) is 22.1 Å². The summed E-state index contributed by atoms with van der Waals surface area (Å²) in [5.74, 6) is 0. The number of hydrogen-bond acceptors (Lipinski definition) is 0. The highest BCUT2D eigenvalue weighted by Crippen LogP contribution is 2.75. The van der Waals surface area contributed by atoms with Crippen LogP contribution < -0.4 is 0 Å². The fourth-order valence-electron chi connectivity index (χ4n) is 9.88. The van der Waals surface area contributed by atoms with Gasteiger partial charge in [-0.3, -0.25) is 0 Å². The van der Waals surface area contributed by atoms with Crippen LogP contribution in [0, 0.1) is 0 Å². The second-order valence-corrected chi connectivity index (χ2v) is 19.2. The fourth-order valence-corrected chi connectivity index (χ4v) is 14.0. The van der Waals surface area contributed by atoms with Gasteiger partial charge in [-0.05, 0) is 119 Å². The van der Waals surface area contributed by atoms with Crippen molar-refractivity contribution in [2.45, 2.75) is 19.6 Å². The summed E-state index contributed by atoms with van der Waals surface area (Å²) in [4.78, 5) is 5.22. The third-order valence-corrected chi connectivity index (χ3v) is 16.5. The van der Waals surface area contributed by atoms with Gasteiger partial charge in [0.2, 0.25) is 0 Å². The number of hydrogen-bond donors (Lipinski definition) is 0. The third-order valence-electron chi connectivity index (χ3n) is 12.6. The Morgan fingerprint density at radius 2 is 0.698 bits per heavy atom. The lowest BCUT2D eigenvalue weighted by atomic mass is 10.0. The minimum Gasteiger partial charge on any atom is -0.309 e. The van der Waals surface area contributed by atoms with Crippen LogP contribution in [0.2, 0.25) is 0 Å². The van der Waals surface area contributed by atoms with Crippen LogP contribution in [0.15, 0.2) is 274 Å². The van der Waals surface area contributed by atoms with Crippen molar-refractivity contribution in [3.63, 3.8) is 0 Å². The van der Waals surface area contributed by atoms with Crippen LogP contribution in [0.5, 0.6) is 0 Å². The maximum Gasteiger partial charge on any atom is 0.0552 e. The normalized spacial score (nSPS) is 12.1.